The number of ether oxygens (including phenoxy) is 2. The molecule has 1 N–H and O–H groups in total. The van der Waals surface area contributed by atoms with Gasteiger partial charge in [-0.05, 0) is 56.8 Å². The molecule has 2 rings (SSSR count). The normalized spacial score (nSPS) is 19.7. The maximum Gasteiger partial charge on any atom is 0.137 e. The van der Waals surface area contributed by atoms with E-state index in [1.165, 1.54) is 18.4 Å². The molecule has 118 valence electrons. The summed E-state index contributed by atoms with van der Waals surface area (Å²) in [6.45, 7) is 6.80. The van der Waals surface area contributed by atoms with Crippen molar-refractivity contribution in [2.45, 2.75) is 51.7 Å². The number of benzene rings is 1. The van der Waals surface area contributed by atoms with Gasteiger partial charge in [-0.1, -0.05) is 24.6 Å². The molecule has 0 radical (unpaired) electrons. The molecule has 0 spiro atoms. The van der Waals surface area contributed by atoms with E-state index in [-0.39, 0.29) is 0 Å². The molecule has 1 aromatic carbocycles. The highest BCUT2D eigenvalue weighted by molar-refractivity contribution is 6.32. The van der Waals surface area contributed by atoms with E-state index in [1.807, 2.05) is 12.1 Å². The Balaban J connectivity index is 1.77. The maximum absolute atomic E-state index is 6.30. The molecule has 0 aromatic heterocycles. The Labute approximate surface area is 133 Å². The largest absolute Gasteiger partial charge is 0.492 e. The lowest BCUT2D eigenvalue weighted by Gasteiger charge is -2.15. The summed E-state index contributed by atoms with van der Waals surface area (Å²) >= 11 is 6.30. The van der Waals surface area contributed by atoms with Gasteiger partial charge < -0.3 is 14.8 Å². The van der Waals surface area contributed by atoms with Gasteiger partial charge in [-0.25, -0.2) is 0 Å². The highest BCUT2D eigenvalue weighted by Crippen LogP contribution is 2.28. The lowest BCUT2D eigenvalue weighted by atomic mass is 10.1. The van der Waals surface area contributed by atoms with Crippen molar-refractivity contribution in [2.75, 3.05) is 19.8 Å². The molecule has 2 atom stereocenters. The fraction of sp³-hybridized carbons (Fsp3) is 0.647. The predicted molar refractivity (Wildman–Crippen MR) is 87.2 cm³/mol. The Morgan fingerprint density at radius 1 is 1.48 bits per heavy atom. The number of nitrogens with one attached hydrogen (secondary N) is 1. The van der Waals surface area contributed by atoms with Crippen molar-refractivity contribution >= 4 is 11.6 Å². The molecule has 0 amide bonds. The van der Waals surface area contributed by atoms with E-state index in [0.29, 0.717) is 23.8 Å². The summed E-state index contributed by atoms with van der Waals surface area (Å²) in [5, 5.41) is 4.07. The summed E-state index contributed by atoms with van der Waals surface area (Å²) in [6, 6.07) is 6.34. The van der Waals surface area contributed by atoms with E-state index in [2.05, 4.69) is 25.2 Å². The standard InChI is InChI=1S/C17H26ClNO2/c1-3-19-13(2)14-8-9-17(16(18)12-14)21-11-5-7-15-6-4-10-20-15/h8-9,12-13,15,19H,3-7,10-11H2,1-2H3. The second-order valence-electron chi connectivity index (χ2n) is 5.59. The van der Waals surface area contributed by atoms with Gasteiger partial charge in [0.1, 0.15) is 5.75 Å². The van der Waals surface area contributed by atoms with Crippen LogP contribution >= 0.6 is 11.6 Å². The third kappa shape index (κ3) is 5.17. The fourth-order valence-electron chi connectivity index (χ4n) is 2.69. The summed E-state index contributed by atoms with van der Waals surface area (Å²) in [5.74, 6) is 0.774. The molecule has 0 saturated carbocycles. The molecule has 3 nitrogen and oxygen atoms in total. The number of rotatable bonds is 8. The van der Waals surface area contributed by atoms with Crippen molar-refractivity contribution in [1.29, 1.82) is 0 Å². The van der Waals surface area contributed by atoms with Crippen molar-refractivity contribution in [2.24, 2.45) is 0 Å². The van der Waals surface area contributed by atoms with Crippen molar-refractivity contribution in [3.05, 3.63) is 28.8 Å². The summed E-state index contributed by atoms with van der Waals surface area (Å²) in [5.41, 5.74) is 1.19. The quantitative estimate of drug-likeness (QED) is 0.724. The van der Waals surface area contributed by atoms with Gasteiger partial charge in [0.25, 0.3) is 0 Å². The average Bonchev–Trinajstić information content (AvgIpc) is 2.98. The molecule has 0 aliphatic carbocycles. The molecule has 0 bridgehead atoms. The van der Waals surface area contributed by atoms with Crippen molar-refractivity contribution < 1.29 is 9.47 Å². The summed E-state index contributed by atoms with van der Waals surface area (Å²) < 4.78 is 11.4. The van der Waals surface area contributed by atoms with Crippen LogP contribution in [0.1, 0.15) is 51.1 Å². The monoisotopic (exact) mass is 311 g/mol. The Hall–Kier alpha value is -0.770. The van der Waals surface area contributed by atoms with Crippen LogP contribution in [0.4, 0.5) is 0 Å². The Morgan fingerprint density at radius 3 is 3.00 bits per heavy atom. The Morgan fingerprint density at radius 2 is 2.33 bits per heavy atom. The van der Waals surface area contributed by atoms with Gasteiger partial charge in [-0.2, -0.15) is 0 Å². The molecule has 2 unspecified atom stereocenters. The number of hydrogen-bond donors (Lipinski definition) is 1. The second kappa shape index (κ2) is 8.62. The van der Waals surface area contributed by atoms with Crippen molar-refractivity contribution in [3.8, 4) is 5.75 Å². The van der Waals surface area contributed by atoms with Gasteiger partial charge in [0, 0.05) is 12.6 Å². The van der Waals surface area contributed by atoms with Crippen molar-refractivity contribution in [3.63, 3.8) is 0 Å². The summed E-state index contributed by atoms with van der Waals surface area (Å²) in [4.78, 5) is 0. The van der Waals surface area contributed by atoms with E-state index in [1.54, 1.807) is 0 Å². The first-order chi connectivity index (χ1) is 10.2. The third-order valence-electron chi connectivity index (χ3n) is 3.92. The van der Waals surface area contributed by atoms with E-state index < -0.39 is 0 Å². The highest BCUT2D eigenvalue weighted by Gasteiger charge is 2.15. The first-order valence-electron chi connectivity index (χ1n) is 7.98. The van der Waals surface area contributed by atoms with Crippen LogP contribution in [0.2, 0.25) is 5.02 Å². The van der Waals surface area contributed by atoms with E-state index in [4.69, 9.17) is 21.1 Å². The lowest BCUT2D eigenvalue weighted by Crippen LogP contribution is -2.17. The Kier molecular flexibility index (Phi) is 6.81. The first-order valence-corrected chi connectivity index (χ1v) is 8.35. The van der Waals surface area contributed by atoms with Gasteiger partial charge in [0.15, 0.2) is 0 Å². The fourth-order valence-corrected chi connectivity index (χ4v) is 2.94. The van der Waals surface area contributed by atoms with Crippen LogP contribution in [-0.4, -0.2) is 25.9 Å². The van der Waals surface area contributed by atoms with Crippen LogP contribution in [0.3, 0.4) is 0 Å². The topological polar surface area (TPSA) is 30.5 Å². The lowest BCUT2D eigenvalue weighted by molar-refractivity contribution is 0.0981. The number of halogens is 1. The van der Waals surface area contributed by atoms with Crippen LogP contribution in [0.25, 0.3) is 0 Å². The zero-order valence-electron chi connectivity index (χ0n) is 13.0. The van der Waals surface area contributed by atoms with Gasteiger partial charge in [-0.3, -0.25) is 0 Å². The van der Waals surface area contributed by atoms with Crippen LogP contribution in [-0.2, 0) is 4.74 Å². The van der Waals surface area contributed by atoms with Crippen LogP contribution in [0.5, 0.6) is 5.75 Å². The van der Waals surface area contributed by atoms with Gasteiger partial charge in [-0.15, -0.1) is 0 Å². The second-order valence-corrected chi connectivity index (χ2v) is 6.00. The molecule has 1 aromatic rings. The zero-order chi connectivity index (χ0) is 15.1. The number of hydrogen-bond acceptors (Lipinski definition) is 3. The molecule has 1 fully saturated rings. The van der Waals surface area contributed by atoms with E-state index in [9.17, 15) is 0 Å². The highest BCUT2D eigenvalue weighted by atomic mass is 35.5. The maximum atomic E-state index is 6.30. The smallest absolute Gasteiger partial charge is 0.137 e. The molecule has 21 heavy (non-hydrogen) atoms. The molecule has 1 saturated heterocycles. The minimum Gasteiger partial charge on any atom is -0.492 e. The SMILES string of the molecule is CCNC(C)c1ccc(OCCCC2CCCO2)c(Cl)c1. The molecule has 1 aliphatic rings. The van der Waals surface area contributed by atoms with Crippen molar-refractivity contribution in [1.82, 2.24) is 5.32 Å². The first kappa shape index (κ1) is 16.6. The van der Waals surface area contributed by atoms with Crippen LogP contribution in [0, 0.1) is 0 Å². The molecular formula is C17H26ClNO2. The van der Waals surface area contributed by atoms with Gasteiger partial charge in [0.05, 0.1) is 17.7 Å². The van der Waals surface area contributed by atoms with Gasteiger partial charge in [0.2, 0.25) is 0 Å². The minimum absolute atomic E-state index is 0.307. The van der Waals surface area contributed by atoms with Gasteiger partial charge >= 0.3 is 0 Å². The summed E-state index contributed by atoms with van der Waals surface area (Å²) in [6.07, 6.45) is 4.91. The zero-order valence-corrected chi connectivity index (χ0v) is 13.8. The predicted octanol–water partition coefficient (Wildman–Crippen LogP) is 4.35. The average molecular weight is 312 g/mol. The molecule has 4 heteroatoms. The van der Waals surface area contributed by atoms with E-state index >= 15 is 0 Å². The van der Waals surface area contributed by atoms with Crippen LogP contribution < -0.4 is 10.1 Å². The molecular weight excluding hydrogens is 286 g/mol. The van der Waals surface area contributed by atoms with E-state index in [0.717, 1.165) is 31.7 Å². The molecule has 1 aliphatic heterocycles. The molecule has 1 heterocycles. The van der Waals surface area contributed by atoms with Crippen LogP contribution in [0.15, 0.2) is 18.2 Å². The Bertz CT molecular complexity index is 433. The third-order valence-corrected chi connectivity index (χ3v) is 4.21. The minimum atomic E-state index is 0.307. The summed E-state index contributed by atoms with van der Waals surface area (Å²) in [7, 11) is 0.